The number of thiazole rings is 1. The lowest BCUT2D eigenvalue weighted by Gasteiger charge is -2.15. The van der Waals surface area contributed by atoms with Crippen LogP contribution in [0.1, 0.15) is 21.9 Å². The molecule has 0 saturated heterocycles. The number of nitrogens with one attached hydrogen (secondary N) is 1. The predicted molar refractivity (Wildman–Crippen MR) is 68.4 cm³/mol. The van der Waals surface area contributed by atoms with Gasteiger partial charge in [-0.3, -0.25) is 4.79 Å². The molecule has 1 rings (SSSR count). The fraction of sp³-hybridized carbons (Fsp3) is 0.600. The average molecular weight is 307 g/mol. The molecule has 1 aromatic heterocycles. The molecule has 0 aliphatic carbocycles. The summed E-state index contributed by atoms with van der Waals surface area (Å²) in [4.78, 5) is 15.9. The number of methoxy groups -OCH3 is 1. The number of nitrogens with zero attached hydrogens (tertiary/aromatic N) is 1. The third-order valence-corrected chi connectivity index (χ3v) is 3.24. The number of carbonyl (C=O) groups excluding carboxylic acids is 1. The van der Waals surface area contributed by atoms with E-state index in [0.717, 1.165) is 16.8 Å². The number of aromatic nitrogens is 1. The van der Waals surface area contributed by atoms with Crippen LogP contribution in [0.4, 0.5) is 0 Å². The Morgan fingerprint density at radius 2 is 2.50 bits per heavy atom. The summed E-state index contributed by atoms with van der Waals surface area (Å²) in [6.07, 6.45) is 0.836. The summed E-state index contributed by atoms with van der Waals surface area (Å²) in [7, 11) is 1.63. The largest absolute Gasteiger partial charge is 0.383 e. The fourth-order valence-electron chi connectivity index (χ4n) is 1.26. The molecule has 6 heteroatoms. The zero-order chi connectivity index (χ0) is 12.0. The van der Waals surface area contributed by atoms with Gasteiger partial charge in [0.15, 0.2) is 0 Å². The number of amides is 1. The second-order valence-corrected chi connectivity index (χ2v) is 5.21. The van der Waals surface area contributed by atoms with Crippen molar-refractivity contribution in [3.8, 4) is 0 Å². The number of aryl methyl sites for hydroxylation is 1. The topological polar surface area (TPSA) is 51.2 Å². The van der Waals surface area contributed by atoms with Crippen LogP contribution in [0.25, 0.3) is 0 Å². The van der Waals surface area contributed by atoms with Crippen molar-refractivity contribution in [3.05, 3.63) is 16.1 Å². The van der Waals surface area contributed by atoms with E-state index in [2.05, 4.69) is 26.2 Å². The molecule has 0 spiro atoms. The molecule has 1 atom stereocenters. The van der Waals surface area contributed by atoms with E-state index >= 15 is 0 Å². The Hall–Kier alpha value is -0.460. The Labute approximate surface area is 108 Å². The maximum Gasteiger partial charge on any atom is 0.271 e. The second-order valence-electron chi connectivity index (χ2n) is 3.36. The number of hydrogen-bond donors (Lipinski definition) is 1. The Kier molecular flexibility index (Phi) is 5.94. The van der Waals surface area contributed by atoms with Crippen LogP contribution in [0.15, 0.2) is 5.38 Å². The molecule has 0 aromatic carbocycles. The minimum Gasteiger partial charge on any atom is -0.383 e. The Bertz CT molecular complexity index is 337. The molecule has 1 N–H and O–H groups in total. The minimum absolute atomic E-state index is 0.0267. The van der Waals surface area contributed by atoms with Gasteiger partial charge in [0.2, 0.25) is 0 Å². The molecule has 0 fully saturated rings. The Morgan fingerprint density at radius 1 is 1.75 bits per heavy atom. The van der Waals surface area contributed by atoms with E-state index in [1.165, 1.54) is 11.3 Å². The summed E-state index contributed by atoms with van der Waals surface area (Å²) in [5.74, 6) is -0.132. The van der Waals surface area contributed by atoms with Crippen molar-refractivity contribution in [1.82, 2.24) is 10.3 Å². The molecule has 1 aromatic rings. The van der Waals surface area contributed by atoms with E-state index in [-0.39, 0.29) is 11.9 Å². The van der Waals surface area contributed by atoms with Gasteiger partial charge in [0.25, 0.3) is 5.91 Å². The molecule has 0 radical (unpaired) electrons. The van der Waals surface area contributed by atoms with Crippen LogP contribution in [-0.2, 0) is 4.74 Å². The highest BCUT2D eigenvalue weighted by molar-refractivity contribution is 9.09. The number of carbonyl (C=O) groups is 1. The second kappa shape index (κ2) is 6.98. The summed E-state index contributed by atoms with van der Waals surface area (Å²) in [5, 5.41) is 6.39. The third kappa shape index (κ3) is 4.19. The van der Waals surface area contributed by atoms with E-state index in [1.807, 2.05) is 6.92 Å². The molecule has 0 saturated carbocycles. The molecule has 0 bridgehead atoms. The van der Waals surface area contributed by atoms with Gasteiger partial charge in [-0.1, -0.05) is 15.9 Å². The first-order chi connectivity index (χ1) is 7.67. The fourth-order valence-corrected chi connectivity index (χ4v) is 2.40. The van der Waals surface area contributed by atoms with Crippen molar-refractivity contribution in [2.75, 3.05) is 19.0 Å². The lowest BCUT2D eigenvalue weighted by Crippen LogP contribution is -2.38. The van der Waals surface area contributed by atoms with E-state index in [0.29, 0.717) is 12.3 Å². The summed E-state index contributed by atoms with van der Waals surface area (Å²) in [6, 6.07) is 0.0267. The highest BCUT2D eigenvalue weighted by Crippen LogP contribution is 2.08. The van der Waals surface area contributed by atoms with E-state index < -0.39 is 0 Å². The van der Waals surface area contributed by atoms with Gasteiger partial charge in [-0.2, -0.15) is 0 Å². The van der Waals surface area contributed by atoms with Gasteiger partial charge >= 0.3 is 0 Å². The van der Waals surface area contributed by atoms with Crippen LogP contribution in [0, 0.1) is 6.92 Å². The molecule has 4 nitrogen and oxygen atoms in total. The van der Waals surface area contributed by atoms with Gasteiger partial charge in [0, 0.05) is 17.8 Å². The number of alkyl halides is 1. The first-order valence-corrected chi connectivity index (χ1v) is 6.95. The molecule has 1 unspecified atom stereocenters. The quantitative estimate of drug-likeness (QED) is 0.818. The lowest BCUT2D eigenvalue weighted by atomic mass is 10.2. The van der Waals surface area contributed by atoms with E-state index in [4.69, 9.17) is 4.74 Å². The van der Waals surface area contributed by atoms with Crippen LogP contribution in [-0.4, -0.2) is 36.0 Å². The van der Waals surface area contributed by atoms with Gasteiger partial charge < -0.3 is 10.1 Å². The predicted octanol–water partition coefficient (Wildman–Crippen LogP) is 1.98. The maximum atomic E-state index is 11.8. The van der Waals surface area contributed by atoms with Crippen LogP contribution in [0.5, 0.6) is 0 Å². The van der Waals surface area contributed by atoms with Gasteiger partial charge in [0.1, 0.15) is 5.69 Å². The molecule has 0 aliphatic heterocycles. The minimum atomic E-state index is -0.132. The van der Waals surface area contributed by atoms with Crippen molar-refractivity contribution >= 4 is 33.2 Å². The standard InChI is InChI=1S/C10H15BrN2O2S/c1-7-12-9(6-16-7)10(14)13-8(3-4-11)5-15-2/h6,8H,3-5H2,1-2H3,(H,13,14). The molecule has 0 aliphatic rings. The maximum absolute atomic E-state index is 11.8. The van der Waals surface area contributed by atoms with Crippen molar-refractivity contribution < 1.29 is 9.53 Å². The van der Waals surface area contributed by atoms with Gasteiger partial charge in [-0.05, 0) is 13.3 Å². The summed E-state index contributed by atoms with van der Waals surface area (Å²) >= 11 is 4.82. The molecular weight excluding hydrogens is 292 g/mol. The Balaban J connectivity index is 2.54. The van der Waals surface area contributed by atoms with Gasteiger partial charge in [-0.25, -0.2) is 4.98 Å². The first-order valence-electron chi connectivity index (χ1n) is 4.95. The molecule has 1 amide bonds. The van der Waals surface area contributed by atoms with Crippen molar-refractivity contribution in [2.45, 2.75) is 19.4 Å². The summed E-state index contributed by atoms with van der Waals surface area (Å²) in [5.41, 5.74) is 0.484. The average Bonchev–Trinajstić information content (AvgIpc) is 2.65. The number of hydrogen-bond acceptors (Lipinski definition) is 4. The van der Waals surface area contributed by atoms with Crippen LogP contribution in [0.2, 0.25) is 0 Å². The number of halogens is 1. The van der Waals surface area contributed by atoms with E-state index in [9.17, 15) is 4.79 Å². The highest BCUT2D eigenvalue weighted by Gasteiger charge is 2.14. The number of rotatable bonds is 6. The van der Waals surface area contributed by atoms with Crippen LogP contribution in [0.3, 0.4) is 0 Å². The smallest absolute Gasteiger partial charge is 0.271 e. The number of ether oxygens (including phenoxy) is 1. The third-order valence-electron chi connectivity index (χ3n) is 2.01. The van der Waals surface area contributed by atoms with Crippen LogP contribution >= 0.6 is 27.3 Å². The SMILES string of the molecule is COCC(CCBr)NC(=O)c1csc(C)n1. The lowest BCUT2D eigenvalue weighted by molar-refractivity contribution is 0.0891. The molecular formula is C10H15BrN2O2S. The van der Waals surface area contributed by atoms with Crippen molar-refractivity contribution in [3.63, 3.8) is 0 Å². The Morgan fingerprint density at radius 3 is 3.00 bits per heavy atom. The summed E-state index contributed by atoms with van der Waals surface area (Å²) in [6.45, 7) is 2.40. The monoisotopic (exact) mass is 306 g/mol. The summed E-state index contributed by atoms with van der Waals surface area (Å²) < 4.78 is 5.05. The zero-order valence-electron chi connectivity index (χ0n) is 9.33. The zero-order valence-corrected chi connectivity index (χ0v) is 11.7. The highest BCUT2D eigenvalue weighted by atomic mass is 79.9. The van der Waals surface area contributed by atoms with E-state index in [1.54, 1.807) is 12.5 Å². The van der Waals surface area contributed by atoms with Crippen molar-refractivity contribution in [2.24, 2.45) is 0 Å². The van der Waals surface area contributed by atoms with Crippen LogP contribution < -0.4 is 5.32 Å². The first kappa shape index (κ1) is 13.6. The van der Waals surface area contributed by atoms with Gasteiger partial charge in [-0.15, -0.1) is 11.3 Å². The molecule has 90 valence electrons. The normalized spacial score (nSPS) is 12.4. The molecule has 1 heterocycles. The molecule has 16 heavy (non-hydrogen) atoms. The van der Waals surface area contributed by atoms with Crippen molar-refractivity contribution in [1.29, 1.82) is 0 Å². The van der Waals surface area contributed by atoms with Gasteiger partial charge in [0.05, 0.1) is 17.7 Å².